The molecule has 1 saturated carbocycles. The number of carbonyl (C=O) groups excluding carboxylic acids is 1. The van der Waals surface area contributed by atoms with Crippen LogP contribution in [0.1, 0.15) is 44.2 Å². The molecule has 1 N–H and O–H groups in total. The van der Waals surface area contributed by atoms with Crippen molar-refractivity contribution >= 4 is 24.2 Å². The summed E-state index contributed by atoms with van der Waals surface area (Å²) in [5.74, 6) is -0.891. The Morgan fingerprint density at radius 2 is 2.00 bits per heavy atom. The van der Waals surface area contributed by atoms with Crippen molar-refractivity contribution in [3.05, 3.63) is 35.9 Å². The van der Waals surface area contributed by atoms with E-state index in [0.717, 1.165) is 25.7 Å². The Balaban J connectivity index is 2.33. The Bertz CT molecular complexity index is 558. The van der Waals surface area contributed by atoms with E-state index in [1.54, 1.807) is 29.3 Å². The van der Waals surface area contributed by atoms with Crippen LogP contribution in [-0.2, 0) is 18.7 Å². The van der Waals surface area contributed by atoms with Crippen molar-refractivity contribution in [2.75, 3.05) is 6.61 Å². The lowest BCUT2D eigenvalue weighted by Gasteiger charge is -2.33. The number of hydrogen-bond acceptors (Lipinski definition) is 5. The van der Waals surface area contributed by atoms with Crippen LogP contribution in [0.2, 0.25) is 0 Å². The zero-order valence-corrected chi connectivity index (χ0v) is 14.6. The van der Waals surface area contributed by atoms with Gasteiger partial charge in [0.05, 0.1) is 6.61 Å². The SMILES string of the molecule is CCON(C1CCCC1)[C@H](C(=O)OP(=O)(O)Cl)c1ccccc1. The number of carbonyl (C=O) groups is 1. The van der Waals surface area contributed by atoms with Gasteiger partial charge in [-0.2, -0.15) is 5.06 Å². The fourth-order valence-electron chi connectivity index (χ4n) is 2.88. The zero-order chi connectivity index (χ0) is 16.9. The van der Waals surface area contributed by atoms with Gasteiger partial charge in [0.1, 0.15) is 0 Å². The minimum Gasteiger partial charge on any atom is -0.379 e. The topological polar surface area (TPSA) is 76.1 Å². The highest BCUT2D eigenvalue weighted by atomic mass is 35.7. The maximum atomic E-state index is 12.5. The lowest BCUT2D eigenvalue weighted by atomic mass is 10.0. The van der Waals surface area contributed by atoms with Gasteiger partial charge in [-0.05, 0) is 25.3 Å². The maximum Gasteiger partial charge on any atom is 0.476 e. The van der Waals surface area contributed by atoms with E-state index in [1.165, 1.54) is 0 Å². The fourth-order valence-corrected chi connectivity index (χ4v) is 3.41. The van der Waals surface area contributed by atoms with Crippen molar-refractivity contribution in [2.24, 2.45) is 0 Å². The molecule has 1 aliphatic carbocycles. The van der Waals surface area contributed by atoms with Gasteiger partial charge >= 0.3 is 12.9 Å². The molecule has 1 fully saturated rings. The van der Waals surface area contributed by atoms with Crippen LogP contribution in [0, 0.1) is 0 Å². The molecule has 1 aromatic carbocycles. The number of hydrogen-bond donors (Lipinski definition) is 1. The van der Waals surface area contributed by atoms with E-state index in [1.807, 2.05) is 13.0 Å². The van der Waals surface area contributed by atoms with Crippen LogP contribution in [0.15, 0.2) is 30.3 Å². The van der Waals surface area contributed by atoms with Crippen molar-refractivity contribution < 1.29 is 23.6 Å². The summed E-state index contributed by atoms with van der Waals surface area (Å²) in [6, 6.07) is 8.03. The minimum absolute atomic E-state index is 0.0566. The van der Waals surface area contributed by atoms with Gasteiger partial charge in [0, 0.05) is 17.3 Å². The molecule has 1 unspecified atom stereocenters. The third-order valence-electron chi connectivity index (χ3n) is 3.76. The first-order valence-electron chi connectivity index (χ1n) is 7.64. The molecule has 0 bridgehead atoms. The highest BCUT2D eigenvalue weighted by Gasteiger charge is 2.38. The summed E-state index contributed by atoms with van der Waals surface area (Å²) < 4.78 is 15.8. The first-order valence-corrected chi connectivity index (χ1v) is 10.1. The lowest BCUT2D eigenvalue weighted by molar-refractivity contribution is -0.216. The number of benzene rings is 1. The molecule has 0 saturated heterocycles. The molecule has 23 heavy (non-hydrogen) atoms. The molecule has 128 valence electrons. The van der Waals surface area contributed by atoms with Crippen molar-refractivity contribution in [1.82, 2.24) is 5.06 Å². The minimum atomic E-state index is -4.45. The molecule has 8 heteroatoms. The van der Waals surface area contributed by atoms with Crippen LogP contribution in [0.25, 0.3) is 0 Å². The van der Waals surface area contributed by atoms with Crippen LogP contribution >= 0.6 is 18.2 Å². The number of halogens is 1. The van der Waals surface area contributed by atoms with Gasteiger partial charge in [0.15, 0.2) is 6.04 Å². The average molecular weight is 362 g/mol. The molecule has 0 radical (unpaired) electrons. The molecule has 6 nitrogen and oxygen atoms in total. The molecule has 0 amide bonds. The quantitative estimate of drug-likeness (QED) is 0.588. The maximum absolute atomic E-state index is 12.5. The van der Waals surface area contributed by atoms with Crippen molar-refractivity contribution in [3.8, 4) is 0 Å². The first-order chi connectivity index (χ1) is 10.9. The van der Waals surface area contributed by atoms with Gasteiger partial charge in [-0.3, -0.25) is 4.84 Å². The summed E-state index contributed by atoms with van der Waals surface area (Å²) in [4.78, 5) is 27.3. The third kappa shape index (κ3) is 5.30. The lowest BCUT2D eigenvalue weighted by Crippen LogP contribution is -2.41. The largest absolute Gasteiger partial charge is 0.476 e. The average Bonchev–Trinajstić information content (AvgIpc) is 3.00. The number of nitrogens with zero attached hydrogens (tertiary/aromatic N) is 1. The van der Waals surface area contributed by atoms with Crippen LogP contribution in [0.3, 0.4) is 0 Å². The molecule has 2 rings (SSSR count). The van der Waals surface area contributed by atoms with Crippen LogP contribution < -0.4 is 0 Å². The predicted octanol–water partition coefficient (Wildman–Crippen LogP) is 3.81. The smallest absolute Gasteiger partial charge is 0.379 e. The summed E-state index contributed by atoms with van der Waals surface area (Å²) >= 11 is 5.21. The summed E-state index contributed by atoms with van der Waals surface area (Å²) in [5.41, 5.74) is 0.628. The van der Waals surface area contributed by atoms with E-state index in [9.17, 15) is 14.3 Å². The Kier molecular flexibility index (Phi) is 6.62. The molecular formula is C15H21ClNO5P. The van der Waals surface area contributed by atoms with Crippen molar-refractivity contribution in [1.29, 1.82) is 0 Å². The number of hydroxylamine groups is 2. The van der Waals surface area contributed by atoms with Gasteiger partial charge < -0.3 is 9.42 Å². The van der Waals surface area contributed by atoms with E-state index in [-0.39, 0.29) is 6.04 Å². The van der Waals surface area contributed by atoms with Crippen LogP contribution in [0.5, 0.6) is 0 Å². The Morgan fingerprint density at radius 1 is 1.39 bits per heavy atom. The molecule has 0 aromatic heterocycles. The summed E-state index contributed by atoms with van der Waals surface area (Å²) in [6.45, 7) is -2.24. The molecule has 0 heterocycles. The Morgan fingerprint density at radius 3 is 2.52 bits per heavy atom. The van der Waals surface area contributed by atoms with E-state index >= 15 is 0 Å². The molecule has 0 spiro atoms. The van der Waals surface area contributed by atoms with E-state index in [4.69, 9.17) is 16.1 Å². The van der Waals surface area contributed by atoms with Gasteiger partial charge in [-0.25, -0.2) is 9.36 Å². The zero-order valence-electron chi connectivity index (χ0n) is 12.9. The van der Waals surface area contributed by atoms with E-state index in [2.05, 4.69) is 4.52 Å². The second-order valence-electron chi connectivity index (χ2n) is 5.39. The third-order valence-corrected chi connectivity index (χ3v) is 4.37. The molecule has 1 aliphatic rings. The number of rotatable bonds is 7. The normalized spacial score (nSPS) is 19.5. The first kappa shape index (κ1) is 18.4. The predicted molar refractivity (Wildman–Crippen MR) is 86.7 cm³/mol. The molecule has 0 aliphatic heterocycles. The summed E-state index contributed by atoms with van der Waals surface area (Å²) in [5, 5.41) is 1.59. The van der Waals surface area contributed by atoms with Gasteiger partial charge in [0.25, 0.3) is 0 Å². The molecular weight excluding hydrogens is 341 g/mol. The second-order valence-corrected chi connectivity index (χ2v) is 7.76. The standard InChI is InChI=1S/C15H21ClNO5P/c1-2-21-17(13-10-6-7-11-13)14(12-8-4-3-5-9-12)15(18)22-23(16,19)20/h3-5,8-9,13-14H,2,6-7,10-11H2,1H3,(H,19,20)/t14-/m0/s1. The van der Waals surface area contributed by atoms with E-state index < -0.39 is 19.0 Å². The van der Waals surface area contributed by atoms with Crippen molar-refractivity contribution in [2.45, 2.75) is 44.7 Å². The van der Waals surface area contributed by atoms with Crippen LogP contribution in [-0.4, -0.2) is 28.6 Å². The van der Waals surface area contributed by atoms with Gasteiger partial charge in [-0.1, -0.05) is 43.2 Å². The second kappa shape index (κ2) is 8.27. The van der Waals surface area contributed by atoms with Crippen LogP contribution in [0.4, 0.5) is 0 Å². The van der Waals surface area contributed by atoms with E-state index in [0.29, 0.717) is 12.2 Å². The monoisotopic (exact) mass is 361 g/mol. The van der Waals surface area contributed by atoms with Gasteiger partial charge in [0.2, 0.25) is 0 Å². The molecule has 2 atom stereocenters. The Labute approximate surface area is 140 Å². The van der Waals surface area contributed by atoms with Gasteiger partial charge in [-0.15, -0.1) is 0 Å². The summed E-state index contributed by atoms with van der Waals surface area (Å²) in [7, 11) is 0. The Hall–Kier alpha value is -0.910. The van der Waals surface area contributed by atoms with Crippen molar-refractivity contribution in [3.63, 3.8) is 0 Å². The fraction of sp³-hybridized carbons (Fsp3) is 0.533. The summed E-state index contributed by atoms with van der Waals surface area (Å²) in [6.07, 6.45) is 3.90. The highest BCUT2D eigenvalue weighted by Crippen LogP contribution is 2.49. The molecule has 1 aromatic rings. The highest BCUT2D eigenvalue weighted by molar-refractivity contribution is 7.80.